The fraction of sp³-hybridized carbons (Fsp3) is 0.647. The average Bonchev–Trinajstić information content (AvgIpc) is 2.45. The van der Waals surface area contributed by atoms with E-state index in [0.29, 0.717) is 12.0 Å². The first-order valence-electron chi connectivity index (χ1n) is 8.24. The normalized spacial score (nSPS) is 12.4. The molecule has 0 spiro atoms. The van der Waals surface area contributed by atoms with Crippen LogP contribution in [0.4, 0.5) is 0 Å². The number of rotatable bonds is 11. The molecule has 6 heteroatoms. The van der Waals surface area contributed by atoms with Crippen molar-refractivity contribution in [3.63, 3.8) is 0 Å². The maximum atomic E-state index is 12.2. The summed E-state index contributed by atoms with van der Waals surface area (Å²) >= 11 is 0. The fourth-order valence-electron chi connectivity index (χ4n) is 2.57. The molecule has 132 valence electrons. The Morgan fingerprint density at radius 1 is 0.826 bits per heavy atom. The van der Waals surface area contributed by atoms with Crippen LogP contribution in [0.1, 0.15) is 57.4 Å². The van der Waals surface area contributed by atoms with Crippen molar-refractivity contribution in [3.05, 3.63) is 29.8 Å². The van der Waals surface area contributed by atoms with E-state index in [0.717, 1.165) is 25.5 Å². The van der Waals surface area contributed by atoms with E-state index in [1.165, 1.54) is 25.3 Å². The number of hydrogen-bond donors (Lipinski definition) is 0. The van der Waals surface area contributed by atoms with Crippen LogP contribution in [-0.4, -0.2) is 28.8 Å². The molecule has 0 heterocycles. The van der Waals surface area contributed by atoms with E-state index in [2.05, 4.69) is 6.92 Å². The SMILES string of the molecule is CCCCCCCCCS(=O)(=O)Cc1ccccc1S(C)(=O)=O. The molecule has 23 heavy (non-hydrogen) atoms. The summed E-state index contributed by atoms with van der Waals surface area (Å²) in [7, 11) is -6.69. The molecule has 0 unspecified atom stereocenters. The third-order valence-corrected chi connectivity index (χ3v) is 6.67. The molecule has 0 aliphatic rings. The molecular formula is C17H28O4S2. The van der Waals surface area contributed by atoms with Crippen LogP contribution in [0.15, 0.2) is 29.2 Å². The number of unbranched alkanes of at least 4 members (excludes halogenated alkanes) is 6. The Morgan fingerprint density at radius 3 is 2.00 bits per heavy atom. The monoisotopic (exact) mass is 360 g/mol. The van der Waals surface area contributed by atoms with Crippen molar-refractivity contribution in [3.8, 4) is 0 Å². The zero-order chi connectivity index (χ0) is 17.3. The third kappa shape index (κ3) is 7.97. The van der Waals surface area contributed by atoms with Gasteiger partial charge in [0.05, 0.1) is 16.4 Å². The quantitative estimate of drug-likeness (QED) is 0.564. The molecule has 0 radical (unpaired) electrons. The Labute approximate surface area is 141 Å². The average molecular weight is 361 g/mol. The first kappa shape index (κ1) is 20.2. The zero-order valence-corrected chi connectivity index (χ0v) is 15.8. The highest BCUT2D eigenvalue weighted by molar-refractivity contribution is 7.91. The first-order chi connectivity index (χ1) is 10.8. The van der Waals surface area contributed by atoms with Gasteiger partial charge in [0.15, 0.2) is 19.7 Å². The smallest absolute Gasteiger partial charge is 0.175 e. The maximum absolute atomic E-state index is 12.2. The summed E-state index contributed by atoms with van der Waals surface area (Å²) in [6.07, 6.45) is 8.54. The van der Waals surface area contributed by atoms with Crippen LogP contribution in [0.2, 0.25) is 0 Å². The van der Waals surface area contributed by atoms with Crippen molar-refractivity contribution in [1.29, 1.82) is 0 Å². The highest BCUT2D eigenvalue weighted by atomic mass is 32.2. The van der Waals surface area contributed by atoms with Gasteiger partial charge in [0.2, 0.25) is 0 Å². The van der Waals surface area contributed by atoms with Gasteiger partial charge in [-0.1, -0.05) is 63.6 Å². The highest BCUT2D eigenvalue weighted by Gasteiger charge is 2.18. The summed E-state index contributed by atoms with van der Waals surface area (Å²) in [5, 5.41) is 0. The minimum absolute atomic E-state index is 0.114. The van der Waals surface area contributed by atoms with Crippen LogP contribution >= 0.6 is 0 Å². The Hall–Kier alpha value is -0.880. The Balaban J connectivity index is 2.53. The maximum Gasteiger partial charge on any atom is 0.175 e. The van der Waals surface area contributed by atoms with E-state index < -0.39 is 19.7 Å². The van der Waals surface area contributed by atoms with Crippen LogP contribution in [0.3, 0.4) is 0 Å². The summed E-state index contributed by atoms with van der Waals surface area (Å²) < 4.78 is 47.9. The molecule has 0 saturated carbocycles. The van der Waals surface area contributed by atoms with E-state index in [1.54, 1.807) is 18.2 Å². The van der Waals surface area contributed by atoms with Crippen LogP contribution in [0.5, 0.6) is 0 Å². The molecular weight excluding hydrogens is 332 g/mol. The van der Waals surface area contributed by atoms with E-state index in [-0.39, 0.29) is 16.4 Å². The van der Waals surface area contributed by atoms with Crippen LogP contribution in [-0.2, 0) is 25.4 Å². The van der Waals surface area contributed by atoms with Gasteiger partial charge in [-0.2, -0.15) is 0 Å². The van der Waals surface area contributed by atoms with Crippen molar-refractivity contribution < 1.29 is 16.8 Å². The lowest BCUT2D eigenvalue weighted by Crippen LogP contribution is -2.12. The lowest BCUT2D eigenvalue weighted by Gasteiger charge is -2.09. The first-order valence-corrected chi connectivity index (χ1v) is 12.0. The van der Waals surface area contributed by atoms with Crippen molar-refractivity contribution in [2.45, 2.75) is 62.5 Å². The number of sulfone groups is 2. The summed E-state index contributed by atoms with van der Waals surface area (Å²) in [6, 6.07) is 6.34. The predicted octanol–water partition coefficient (Wildman–Crippen LogP) is 3.76. The summed E-state index contributed by atoms with van der Waals surface area (Å²) in [5.74, 6) is -0.0784. The second kappa shape index (κ2) is 9.42. The zero-order valence-electron chi connectivity index (χ0n) is 14.1. The largest absolute Gasteiger partial charge is 0.228 e. The highest BCUT2D eigenvalue weighted by Crippen LogP contribution is 2.19. The van der Waals surface area contributed by atoms with E-state index >= 15 is 0 Å². The van der Waals surface area contributed by atoms with Crippen LogP contribution in [0.25, 0.3) is 0 Å². The van der Waals surface area contributed by atoms with Gasteiger partial charge in [0.25, 0.3) is 0 Å². The molecule has 0 saturated heterocycles. The van der Waals surface area contributed by atoms with E-state index in [1.807, 2.05) is 0 Å². The minimum Gasteiger partial charge on any atom is -0.228 e. The molecule has 0 aliphatic heterocycles. The number of hydrogen-bond acceptors (Lipinski definition) is 4. The molecule has 0 aromatic heterocycles. The van der Waals surface area contributed by atoms with Crippen LogP contribution < -0.4 is 0 Å². The number of benzene rings is 1. The van der Waals surface area contributed by atoms with Gasteiger partial charge in [0, 0.05) is 6.26 Å². The topological polar surface area (TPSA) is 68.3 Å². The van der Waals surface area contributed by atoms with Crippen molar-refractivity contribution >= 4 is 19.7 Å². The van der Waals surface area contributed by atoms with Gasteiger partial charge >= 0.3 is 0 Å². The van der Waals surface area contributed by atoms with Crippen molar-refractivity contribution in [2.24, 2.45) is 0 Å². The molecule has 0 bridgehead atoms. The van der Waals surface area contributed by atoms with Gasteiger partial charge in [0.1, 0.15) is 0 Å². The Bertz CT molecular complexity index is 676. The van der Waals surface area contributed by atoms with E-state index in [4.69, 9.17) is 0 Å². The molecule has 1 aromatic carbocycles. The van der Waals surface area contributed by atoms with Crippen molar-refractivity contribution in [1.82, 2.24) is 0 Å². The summed E-state index contributed by atoms with van der Waals surface area (Å²) in [5.41, 5.74) is 0.373. The third-order valence-electron chi connectivity index (χ3n) is 3.81. The minimum atomic E-state index is -3.41. The second-order valence-corrected chi connectivity index (χ2v) is 10.3. The molecule has 0 N–H and O–H groups in total. The lowest BCUT2D eigenvalue weighted by atomic mass is 10.1. The molecule has 0 amide bonds. The molecule has 0 fully saturated rings. The van der Waals surface area contributed by atoms with E-state index in [9.17, 15) is 16.8 Å². The Morgan fingerprint density at radius 2 is 1.39 bits per heavy atom. The van der Waals surface area contributed by atoms with Gasteiger partial charge in [-0.05, 0) is 18.1 Å². The molecule has 0 atom stereocenters. The summed E-state index contributed by atoms with van der Waals surface area (Å²) in [4.78, 5) is 0.114. The molecule has 4 nitrogen and oxygen atoms in total. The predicted molar refractivity (Wildman–Crippen MR) is 95.0 cm³/mol. The second-order valence-electron chi connectivity index (χ2n) is 6.09. The standard InChI is InChI=1S/C17H28O4S2/c1-3-4-5-6-7-8-11-14-23(20,21)15-16-12-9-10-13-17(16)22(2,18)19/h9-10,12-13H,3-8,11,14-15H2,1-2H3. The Kier molecular flexibility index (Phi) is 8.26. The van der Waals surface area contributed by atoms with Gasteiger partial charge in [-0.15, -0.1) is 0 Å². The van der Waals surface area contributed by atoms with Gasteiger partial charge in [-0.3, -0.25) is 0 Å². The fourth-order valence-corrected chi connectivity index (χ4v) is 5.12. The van der Waals surface area contributed by atoms with Crippen molar-refractivity contribution in [2.75, 3.05) is 12.0 Å². The van der Waals surface area contributed by atoms with Crippen LogP contribution in [0, 0.1) is 0 Å². The molecule has 0 aliphatic carbocycles. The lowest BCUT2D eigenvalue weighted by molar-refractivity contribution is 0.578. The van der Waals surface area contributed by atoms with Gasteiger partial charge < -0.3 is 0 Å². The van der Waals surface area contributed by atoms with Gasteiger partial charge in [-0.25, -0.2) is 16.8 Å². The molecule has 1 aromatic rings. The molecule has 1 rings (SSSR count). The summed E-state index contributed by atoms with van der Waals surface area (Å²) in [6.45, 7) is 2.17.